The van der Waals surface area contributed by atoms with Gasteiger partial charge in [-0.2, -0.15) is 4.31 Å². The van der Waals surface area contributed by atoms with Crippen molar-refractivity contribution in [3.63, 3.8) is 0 Å². The summed E-state index contributed by atoms with van der Waals surface area (Å²) in [6.45, 7) is 1.29. The first-order valence-electron chi connectivity index (χ1n) is 9.30. The van der Waals surface area contributed by atoms with Crippen LogP contribution in [0, 0.1) is 11.7 Å². The first-order valence-corrected chi connectivity index (χ1v) is 11.1. The maximum absolute atomic E-state index is 13.1. The molecule has 0 radical (unpaired) electrons. The van der Waals surface area contributed by atoms with Gasteiger partial charge >= 0.3 is 0 Å². The molecule has 4 rings (SSSR count). The molecule has 2 aromatic carbocycles. The zero-order valence-electron chi connectivity index (χ0n) is 15.6. The van der Waals surface area contributed by atoms with Gasteiger partial charge in [-0.15, -0.1) is 0 Å². The Morgan fingerprint density at radius 2 is 1.76 bits per heavy atom. The van der Waals surface area contributed by atoms with Crippen molar-refractivity contribution >= 4 is 27.5 Å². The van der Waals surface area contributed by atoms with Gasteiger partial charge in [-0.05, 0) is 54.4 Å². The Kier molecular flexibility index (Phi) is 5.50. The summed E-state index contributed by atoms with van der Waals surface area (Å²) in [7, 11) is -3.71. The monoisotopic (exact) mass is 438 g/mol. The molecule has 1 atom stereocenters. The first-order chi connectivity index (χ1) is 13.8. The highest BCUT2D eigenvalue weighted by molar-refractivity contribution is 7.89. The van der Waals surface area contributed by atoms with Crippen LogP contribution in [0.1, 0.15) is 5.56 Å². The summed E-state index contributed by atoms with van der Waals surface area (Å²) in [5, 5.41) is 0.597. The van der Waals surface area contributed by atoms with Crippen molar-refractivity contribution in [3.05, 3.63) is 58.9 Å². The van der Waals surface area contributed by atoms with Crippen LogP contribution in [0.2, 0.25) is 5.02 Å². The molecule has 0 aromatic heterocycles. The van der Waals surface area contributed by atoms with Crippen LogP contribution in [0.15, 0.2) is 47.4 Å². The molecule has 2 aromatic rings. The van der Waals surface area contributed by atoms with Gasteiger partial charge in [-0.3, -0.25) is 4.79 Å². The van der Waals surface area contributed by atoms with E-state index in [-0.39, 0.29) is 29.8 Å². The minimum atomic E-state index is -3.71. The lowest BCUT2D eigenvalue weighted by atomic mass is 9.95. The second kappa shape index (κ2) is 7.93. The number of benzene rings is 2. The minimum Gasteiger partial charge on any atom is -0.492 e. The summed E-state index contributed by atoms with van der Waals surface area (Å²) < 4.78 is 45.5. The zero-order chi connectivity index (χ0) is 20.6. The first kappa shape index (κ1) is 20.1. The Morgan fingerprint density at radius 1 is 1.07 bits per heavy atom. The number of carbonyl (C=O) groups excluding carboxylic acids is 1. The van der Waals surface area contributed by atoms with E-state index < -0.39 is 15.8 Å². The Hall–Kier alpha value is -2.16. The van der Waals surface area contributed by atoms with Gasteiger partial charge in [0, 0.05) is 31.2 Å². The van der Waals surface area contributed by atoms with Crippen LogP contribution in [-0.4, -0.2) is 56.3 Å². The number of ether oxygens (including phenoxy) is 1. The maximum atomic E-state index is 13.1. The van der Waals surface area contributed by atoms with Crippen molar-refractivity contribution in [2.24, 2.45) is 5.92 Å². The average molecular weight is 439 g/mol. The molecule has 1 unspecified atom stereocenters. The molecule has 6 nitrogen and oxygen atoms in total. The third-order valence-electron chi connectivity index (χ3n) is 5.28. The highest BCUT2D eigenvalue weighted by Crippen LogP contribution is 2.31. The molecule has 0 spiro atoms. The van der Waals surface area contributed by atoms with Gasteiger partial charge in [-0.1, -0.05) is 11.6 Å². The standard InChI is InChI=1S/C20H20ClFN2O4S/c21-16-1-6-19-14(12-16)11-15(13-28-19)20(25)23-7-9-24(10-8-23)29(26,27)18-4-2-17(22)3-5-18/h1-6,12,15H,7-11,13H2. The van der Waals surface area contributed by atoms with E-state index in [1.165, 1.54) is 16.4 Å². The lowest BCUT2D eigenvalue weighted by molar-refractivity contribution is -0.138. The van der Waals surface area contributed by atoms with E-state index in [0.29, 0.717) is 31.1 Å². The van der Waals surface area contributed by atoms with Crippen molar-refractivity contribution in [2.45, 2.75) is 11.3 Å². The van der Waals surface area contributed by atoms with E-state index in [9.17, 15) is 17.6 Å². The molecule has 0 aliphatic carbocycles. The van der Waals surface area contributed by atoms with Crippen molar-refractivity contribution < 1.29 is 22.3 Å². The fourth-order valence-electron chi connectivity index (χ4n) is 3.68. The van der Waals surface area contributed by atoms with E-state index >= 15 is 0 Å². The van der Waals surface area contributed by atoms with Crippen LogP contribution in [0.25, 0.3) is 0 Å². The molecular formula is C20H20ClFN2O4S. The topological polar surface area (TPSA) is 66.9 Å². The zero-order valence-corrected chi connectivity index (χ0v) is 17.1. The molecule has 0 saturated carbocycles. The molecule has 1 amide bonds. The lowest BCUT2D eigenvalue weighted by Crippen LogP contribution is -2.52. The fourth-order valence-corrected chi connectivity index (χ4v) is 5.30. The van der Waals surface area contributed by atoms with Gasteiger partial charge < -0.3 is 9.64 Å². The van der Waals surface area contributed by atoms with Gasteiger partial charge in [0.15, 0.2) is 0 Å². The molecule has 1 fully saturated rings. The van der Waals surface area contributed by atoms with Gasteiger partial charge in [0.2, 0.25) is 15.9 Å². The quantitative estimate of drug-likeness (QED) is 0.738. The number of piperazine rings is 1. The second-order valence-corrected chi connectivity index (χ2v) is 9.52. The Balaban J connectivity index is 1.39. The molecule has 1 saturated heterocycles. The van der Waals surface area contributed by atoms with Crippen molar-refractivity contribution in [1.82, 2.24) is 9.21 Å². The molecular weight excluding hydrogens is 419 g/mol. The molecule has 2 heterocycles. The summed E-state index contributed by atoms with van der Waals surface area (Å²) in [4.78, 5) is 14.6. The smallest absolute Gasteiger partial charge is 0.243 e. The summed E-state index contributed by atoms with van der Waals surface area (Å²) in [6.07, 6.45) is 0.544. The predicted molar refractivity (Wildman–Crippen MR) is 106 cm³/mol. The van der Waals surface area contributed by atoms with E-state index in [0.717, 1.165) is 23.4 Å². The van der Waals surface area contributed by atoms with Crippen LogP contribution in [-0.2, 0) is 21.2 Å². The van der Waals surface area contributed by atoms with Crippen molar-refractivity contribution in [2.75, 3.05) is 32.8 Å². The van der Waals surface area contributed by atoms with Gasteiger partial charge in [-0.25, -0.2) is 12.8 Å². The molecule has 0 bridgehead atoms. The SMILES string of the molecule is O=C(C1COc2ccc(Cl)cc2C1)N1CCN(S(=O)(=O)c2ccc(F)cc2)CC1. The van der Waals surface area contributed by atoms with Crippen LogP contribution >= 0.6 is 11.6 Å². The number of hydrogen-bond acceptors (Lipinski definition) is 4. The summed E-state index contributed by atoms with van der Waals surface area (Å²) in [5.74, 6) is -0.110. The van der Waals surface area contributed by atoms with Crippen LogP contribution in [0.3, 0.4) is 0 Å². The summed E-state index contributed by atoms with van der Waals surface area (Å²) in [5.41, 5.74) is 0.902. The third kappa shape index (κ3) is 4.10. The van der Waals surface area contributed by atoms with Crippen LogP contribution in [0.4, 0.5) is 4.39 Å². The second-order valence-electron chi connectivity index (χ2n) is 7.15. The van der Waals surface area contributed by atoms with Gasteiger partial charge in [0.05, 0.1) is 10.8 Å². The highest BCUT2D eigenvalue weighted by atomic mass is 35.5. The number of sulfonamides is 1. The van der Waals surface area contributed by atoms with E-state index in [1.54, 1.807) is 17.0 Å². The third-order valence-corrected chi connectivity index (χ3v) is 7.43. The predicted octanol–water partition coefficient (Wildman–Crippen LogP) is 2.56. The normalized spacial score (nSPS) is 20.1. The molecule has 2 aliphatic heterocycles. The molecule has 0 N–H and O–H groups in total. The molecule has 29 heavy (non-hydrogen) atoms. The fraction of sp³-hybridized carbons (Fsp3) is 0.350. The highest BCUT2D eigenvalue weighted by Gasteiger charge is 2.34. The van der Waals surface area contributed by atoms with Crippen molar-refractivity contribution in [3.8, 4) is 5.75 Å². The number of fused-ring (bicyclic) bond motifs is 1. The lowest BCUT2D eigenvalue weighted by Gasteiger charge is -2.36. The van der Waals surface area contributed by atoms with Crippen molar-refractivity contribution in [1.29, 1.82) is 0 Å². The molecule has 154 valence electrons. The van der Waals surface area contributed by atoms with E-state index in [2.05, 4.69) is 0 Å². The van der Waals surface area contributed by atoms with E-state index in [4.69, 9.17) is 16.3 Å². The average Bonchev–Trinajstić information content (AvgIpc) is 2.73. The Labute approximate surface area is 173 Å². The molecule has 2 aliphatic rings. The molecule has 9 heteroatoms. The maximum Gasteiger partial charge on any atom is 0.243 e. The van der Waals surface area contributed by atoms with E-state index in [1.807, 2.05) is 6.07 Å². The minimum absolute atomic E-state index is 0.0468. The summed E-state index contributed by atoms with van der Waals surface area (Å²) in [6, 6.07) is 10.1. The van der Waals surface area contributed by atoms with Crippen LogP contribution in [0.5, 0.6) is 5.75 Å². The number of hydrogen-bond donors (Lipinski definition) is 0. The summed E-state index contributed by atoms with van der Waals surface area (Å²) >= 11 is 6.04. The number of carbonyl (C=O) groups is 1. The number of nitrogens with zero attached hydrogens (tertiary/aromatic N) is 2. The Bertz CT molecular complexity index is 1020. The number of halogens is 2. The number of rotatable bonds is 3. The van der Waals surface area contributed by atoms with Gasteiger partial charge in [0.25, 0.3) is 0 Å². The largest absolute Gasteiger partial charge is 0.492 e. The number of amides is 1. The van der Waals surface area contributed by atoms with Crippen LogP contribution < -0.4 is 4.74 Å². The van der Waals surface area contributed by atoms with Gasteiger partial charge in [0.1, 0.15) is 18.2 Å². The Morgan fingerprint density at radius 3 is 2.45 bits per heavy atom.